The van der Waals surface area contributed by atoms with E-state index in [0.29, 0.717) is 22.1 Å². The van der Waals surface area contributed by atoms with E-state index in [1.807, 2.05) is 0 Å². The van der Waals surface area contributed by atoms with Crippen molar-refractivity contribution in [3.63, 3.8) is 0 Å². The normalized spacial score (nSPS) is 38.3. The molecule has 3 saturated heterocycles. The lowest BCUT2D eigenvalue weighted by Crippen LogP contribution is -2.38. The van der Waals surface area contributed by atoms with E-state index in [0.717, 1.165) is 0 Å². The first-order valence-electron chi connectivity index (χ1n) is 13.0. The van der Waals surface area contributed by atoms with Crippen LogP contribution in [0.2, 0.25) is 0 Å². The van der Waals surface area contributed by atoms with Crippen molar-refractivity contribution in [3.8, 4) is 0 Å². The van der Waals surface area contributed by atoms with E-state index < -0.39 is 75.9 Å². The van der Waals surface area contributed by atoms with Gasteiger partial charge in [0.25, 0.3) is 0 Å². The number of fused-ring (bicyclic) bond motifs is 4. The Kier molecular flexibility index (Phi) is 7.71. The second-order valence-electron chi connectivity index (χ2n) is 10.2. The fraction of sp³-hybridized carbons (Fsp3) is 0.455. The molecule has 0 aliphatic carbocycles. The van der Waals surface area contributed by atoms with Crippen LogP contribution in [-0.4, -0.2) is 89.1 Å². The number of nitrogens with zero attached hydrogens (tertiary/aromatic N) is 6. The molecule has 0 aromatic carbocycles. The lowest BCUT2D eigenvalue weighted by molar-refractivity contribution is -0.0559. The van der Waals surface area contributed by atoms with Gasteiger partial charge in [0, 0.05) is 12.4 Å². The summed E-state index contributed by atoms with van der Waals surface area (Å²) in [6.07, 6.45) is -4.52. The molecule has 0 spiro atoms. The van der Waals surface area contributed by atoms with Gasteiger partial charge < -0.3 is 40.3 Å². The maximum absolute atomic E-state index is 13.4. The molecule has 3 aliphatic rings. The summed E-state index contributed by atoms with van der Waals surface area (Å²) in [7, 11) is 0. The third-order valence-corrected chi connectivity index (χ3v) is 10.8. The minimum absolute atomic E-state index is 0.216. The Labute approximate surface area is 258 Å². The van der Waals surface area contributed by atoms with Crippen molar-refractivity contribution in [2.75, 3.05) is 24.7 Å². The second kappa shape index (κ2) is 11.2. The van der Waals surface area contributed by atoms with E-state index in [-0.39, 0.29) is 11.6 Å². The topological polar surface area (TPSA) is 243 Å². The molecule has 7 heterocycles. The number of thiol groups is 2. The first kappa shape index (κ1) is 30.3. The van der Waals surface area contributed by atoms with E-state index in [9.17, 15) is 19.3 Å². The zero-order valence-corrected chi connectivity index (χ0v) is 25.9. The van der Waals surface area contributed by atoms with E-state index in [4.69, 9.17) is 39.0 Å². The summed E-state index contributed by atoms with van der Waals surface area (Å²) in [6.45, 7) is -9.48. The molecule has 236 valence electrons. The fourth-order valence-corrected chi connectivity index (χ4v) is 8.50. The van der Waals surface area contributed by atoms with E-state index >= 15 is 0 Å². The Morgan fingerprint density at radius 3 is 1.57 bits per heavy atom. The molecular formula is C22H26N8O10P2S2. The van der Waals surface area contributed by atoms with Gasteiger partial charge in [-0.3, -0.25) is 18.1 Å². The van der Waals surface area contributed by atoms with Crippen molar-refractivity contribution < 1.29 is 46.9 Å². The summed E-state index contributed by atoms with van der Waals surface area (Å²) in [5.41, 5.74) is 12.6. The van der Waals surface area contributed by atoms with Crippen molar-refractivity contribution in [1.29, 1.82) is 0 Å². The monoisotopic (exact) mass is 688 g/mol. The van der Waals surface area contributed by atoms with Crippen LogP contribution in [0.25, 0.3) is 22.1 Å². The number of hydrogen-bond acceptors (Lipinski definition) is 16. The molecule has 0 amide bonds. The highest BCUT2D eigenvalue weighted by Crippen LogP contribution is 2.60. The van der Waals surface area contributed by atoms with Crippen molar-refractivity contribution in [3.05, 3.63) is 37.2 Å². The summed E-state index contributed by atoms with van der Waals surface area (Å²) in [5, 5.41) is 23.6. The molecule has 4 aromatic heterocycles. The summed E-state index contributed by atoms with van der Waals surface area (Å²) >= 11 is 8.20. The van der Waals surface area contributed by atoms with Crippen LogP contribution < -0.4 is 11.5 Å². The van der Waals surface area contributed by atoms with Gasteiger partial charge in [0.15, 0.2) is 12.5 Å². The van der Waals surface area contributed by atoms with Crippen LogP contribution in [0.3, 0.4) is 0 Å². The zero-order chi connectivity index (χ0) is 31.0. The van der Waals surface area contributed by atoms with Crippen LogP contribution in [0.1, 0.15) is 12.5 Å². The summed E-state index contributed by atoms with van der Waals surface area (Å²) < 4.78 is 64.3. The number of aromatic nitrogens is 6. The summed E-state index contributed by atoms with van der Waals surface area (Å²) in [6, 6.07) is 3.28. The molecule has 0 radical (unpaired) electrons. The van der Waals surface area contributed by atoms with Gasteiger partial charge in [0.05, 0.1) is 24.0 Å². The lowest BCUT2D eigenvalue weighted by Gasteiger charge is -2.28. The van der Waals surface area contributed by atoms with Gasteiger partial charge in [-0.2, -0.15) is 0 Å². The number of anilines is 2. The Morgan fingerprint density at radius 2 is 1.16 bits per heavy atom. The molecule has 3 aliphatic heterocycles. The SMILES string of the molecule is Nc1ncnc2c1ccn2[C@@H]1O[C@@H]2CO[P@@](=O)(S)O[C@H]3[C@@H](O)[C@H](n4ccc5c(N)ncnc54)O[C@@H]3COP(=O)(S)O[C@H]2[C@H]1O. The Balaban J connectivity index is 1.17. The van der Waals surface area contributed by atoms with Gasteiger partial charge in [0.1, 0.15) is 72.2 Å². The first-order chi connectivity index (χ1) is 20.9. The van der Waals surface area contributed by atoms with Gasteiger partial charge >= 0.3 is 13.6 Å². The van der Waals surface area contributed by atoms with Crippen molar-refractivity contribution in [2.24, 2.45) is 0 Å². The number of nitrogens with two attached hydrogens (primary N) is 2. The van der Waals surface area contributed by atoms with Gasteiger partial charge in [-0.15, -0.1) is 0 Å². The molecule has 1 unspecified atom stereocenters. The number of nitrogen functional groups attached to an aromatic ring is 2. The smallest absolute Gasteiger partial charge is 0.386 e. The molecule has 6 N–H and O–H groups in total. The van der Waals surface area contributed by atoms with Crippen LogP contribution in [0.5, 0.6) is 0 Å². The molecule has 4 aromatic rings. The minimum atomic E-state index is -4.24. The predicted molar refractivity (Wildman–Crippen MR) is 159 cm³/mol. The first-order valence-corrected chi connectivity index (χ1v) is 18.4. The van der Waals surface area contributed by atoms with Crippen LogP contribution in [0, 0.1) is 0 Å². The Hall–Kier alpha value is -2.32. The molecule has 3 fully saturated rings. The summed E-state index contributed by atoms with van der Waals surface area (Å²) in [4.78, 5) is 16.3. The van der Waals surface area contributed by atoms with Crippen LogP contribution in [0.4, 0.5) is 11.6 Å². The van der Waals surface area contributed by atoms with Gasteiger partial charge in [-0.1, -0.05) is 24.5 Å². The van der Waals surface area contributed by atoms with Crippen LogP contribution >= 0.6 is 38.1 Å². The summed E-state index contributed by atoms with van der Waals surface area (Å²) in [5.74, 6) is 0.432. The van der Waals surface area contributed by atoms with Crippen molar-refractivity contribution in [1.82, 2.24) is 29.1 Å². The fourth-order valence-electron chi connectivity index (χ4n) is 5.52. The average Bonchev–Trinajstić information content (AvgIpc) is 3.73. The highest BCUT2D eigenvalue weighted by atomic mass is 32.7. The number of aliphatic hydroxyl groups excluding tert-OH is 2. The van der Waals surface area contributed by atoms with E-state index in [1.165, 1.54) is 21.8 Å². The molecule has 18 nitrogen and oxygen atoms in total. The molecule has 10 atom stereocenters. The second-order valence-corrected chi connectivity index (χ2v) is 16.0. The van der Waals surface area contributed by atoms with Gasteiger partial charge in [-0.25, -0.2) is 29.1 Å². The van der Waals surface area contributed by atoms with Crippen LogP contribution in [0.15, 0.2) is 37.2 Å². The lowest BCUT2D eigenvalue weighted by atomic mass is 10.1. The van der Waals surface area contributed by atoms with Crippen molar-refractivity contribution >= 4 is 71.8 Å². The molecule has 0 bridgehead atoms. The van der Waals surface area contributed by atoms with E-state index in [2.05, 4.69) is 44.4 Å². The number of aliphatic hydroxyl groups is 2. The molecular weight excluding hydrogens is 662 g/mol. The Morgan fingerprint density at radius 1 is 0.750 bits per heavy atom. The highest BCUT2D eigenvalue weighted by molar-refractivity contribution is 8.44. The average molecular weight is 689 g/mol. The minimum Gasteiger partial charge on any atom is -0.386 e. The maximum Gasteiger partial charge on any atom is 0.386 e. The highest BCUT2D eigenvalue weighted by Gasteiger charge is 2.53. The number of ether oxygens (including phenoxy) is 2. The van der Waals surface area contributed by atoms with Gasteiger partial charge in [0.2, 0.25) is 0 Å². The standard InChI is InChI=1S/C22H26N8O10P2S2/c23-17-9-1-3-29(19(9)27-7-25-17)21-13(31)15-11(37-21)5-35-42(34,44)40-16-12(6-36-41(33,43)39-15)38-22(14(16)32)30-4-2-10-18(24)26-8-28-20(10)30/h1-4,7-8,11-16,21-22,31-32H,5-6H2,(H,33,43)(H,34,44)(H2,23,25,27)(H2,24,26,28)/t11-,12-,13-,14-,15-,16-,21-,22-,41-,42?/m1/s1. The maximum atomic E-state index is 13.4. The largest absolute Gasteiger partial charge is 0.386 e. The molecule has 44 heavy (non-hydrogen) atoms. The predicted octanol–water partition coefficient (Wildman–Crippen LogP) is 1.45. The third-order valence-electron chi connectivity index (χ3n) is 7.56. The molecule has 0 saturated carbocycles. The van der Waals surface area contributed by atoms with Crippen LogP contribution in [-0.2, 0) is 36.7 Å². The van der Waals surface area contributed by atoms with Gasteiger partial charge in [-0.05, 0) is 12.1 Å². The zero-order valence-electron chi connectivity index (χ0n) is 22.3. The Bertz CT molecular complexity index is 1700. The third kappa shape index (κ3) is 5.32. The number of hydrogen-bond donors (Lipinski definition) is 6. The van der Waals surface area contributed by atoms with Crippen molar-refractivity contribution in [2.45, 2.75) is 49.1 Å². The van der Waals surface area contributed by atoms with E-state index in [1.54, 1.807) is 24.5 Å². The molecule has 7 rings (SSSR count). The molecule has 22 heteroatoms. The number of rotatable bonds is 2. The quantitative estimate of drug-likeness (QED) is 0.129.